The molecule has 2 nitrogen and oxygen atoms in total. The molecule has 2 aromatic rings. The van der Waals surface area contributed by atoms with Crippen LogP contribution in [-0.2, 0) is 0 Å². The first kappa shape index (κ1) is 14.2. The number of Topliss-reactive ketones (excluding diaryl/α,β-unsaturated/α-hetero) is 1. The molecule has 0 bridgehead atoms. The van der Waals surface area contributed by atoms with Crippen LogP contribution in [-0.4, -0.2) is 22.5 Å². The minimum atomic E-state index is -0.0253. The second kappa shape index (κ2) is 5.85. The molecule has 0 aliphatic rings. The van der Waals surface area contributed by atoms with Crippen molar-refractivity contribution in [2.24, 2.45) is 0 Å². The molecule has 1 heterocycles. The van der Waals surface area contributed by atoms with E-state index in [1.54, 1.807) is 11.8 Å². The minimum absolute atomic E-state index is 0.0223. The van der Waals surface area contributed by atoms with Crippen LogP contribution in [0.1, 0.15) is 21.7 Å². The quantitative estimate of drug-likeness (QED) is 0.478. The lowest BCUT2D eigenvalue weighted by Crippen LogP contribution is -2.05. The highest BCUT2D eigenvalue weighted by atomic mass is 35.5. The van der Waals surface area contributed by atoms with Crippen LogP contribution in [0.2, 0.25) is 0 Å². The summed E-state index contributed by atoms with van der Waals surface area (Å²) in [4.78, 5) is 13.0. The molecule has 0 amide bonds. The van der Waals surface area contributed by atoms with Gasteiger partial charge in [0.25, 0.3) is 0 Å². The van der Waals surface area contributed by atoms with Crippen LogP contribution in [0.5, 0.6) is 0 Å². The summed E-state index contributed by atoms with van der Waals surface area (Å²) in [6, 6.07) is 10.1. The number of halogens is 1. The maximum atomic E-state index is 11.8. The van der Waals surface area contributed by atoms with Crippen LogP contribution in [0.15, 0.2) is 35.2 Å². The first-order valence-electron chi connectivity index (χ1n) is 6.01. The number of hydrogen-bond acceptors (Lipinski definition) is 2. The highest BCUT2D eigenvalue weighted by Crippen LogP contribution is 2.28. The van der Waals surface area contributed by atoms with Crippen molar-refractivity contribution in [3.63, 3.8) is 0 Å². The molecule has 0 atom stereocenters. The molecular weight excluding hydrogens is 278 g/mol. The van der Waals surface area contributed by atoms with Gasteiger partial charge in [-0.1, -0.05) is 12.1 Å². The first-order chi connectivity index (χ1) is 9.10. The number of carbonyl (C=O) groups excluding carboxylic acids is 1. The van der Waals surface area contributed by atoms with Gasteiger partial charge < -0.3 is 4.57 Å². The van der Waals surface area contributed by atoms with E-state index < -0.39 is 0 Å². The fourth-order valence-corrected chi connectivity index (χ4v) is 3.03. The third-order valence-corrected chi connectivity index (χ3v) is 4.21. The van der Waals surface area contributed by atoms with Crippen LogP contribution in [0, 0.1) is 13.8 Å². The van der Waals surface area contributed by atoms with Crippen LogP contribution >= 0.6 is 23.4 Å². The van der Waals surface area contributed by atoms with Crippen molar-refractivity contribution in [2.45, 2.75) is 18.7 Å². The van der Waals surface area contributed by atoms with Crippen molar-refractivity contribution in [1.29, 1.82) is 0 Å². The van der Waals surface area contributed by atoms with Gasteiger partial charge in [0.2, 0.25) is 0 Å². The standard InChI is InChI=1S/C15H16ClNOS/c1-10-8-12(14(18)9-16)11(2)17(10)13-6-4-5-7-15(13)19-3/h4-8H,9H2,1-3H3. The van der Waals surface area contributed by atoms with Crippen molar-refractivity contribution in [3.8, 4) is 5.69 Å². The van der Waals surface area contributed by atoms with Crippen molar-refractivity contribution in [2.75, 3.05) is 12.1 Å². The second-order valence-electron chi connectivity index (χ2n) is 4.35. The van der Waals surface area contributed by atoms with E-state index in [9.17, 15) is 4.79 Å². The van der Waals surface area contributed by atoms with E-state index in [-0.39, 0.29) is 11.7 Å². The molecule has 0 unspecified atom stereocenters. The summed E-state index contributed by atoms with van der Waals surface area (Å²) in [5.74, 6) is -0.00304. The summed E-state index contributed by atoms with van der Waals surface area (Å²) in [5.41, 5.74) is 3.82. The summed E-state index contributed by atoms with van der Waals surface area (Å²) >= 11 is 7.36. The van der Waals surface area contributed by atoms with Gasteiger partial charge in [0.15, 0.2) is 5.78 Å². The van der Waals surface area contributed by atoms with Crippen LogP contribution in [0.25, 0.3) is 5.69 Å². The molecule has 0 aliphatic heterocycles. The van der Waals surface area contributed by atoms with Gasteiger partial charge >= 0.3 is 0 Å². The van der Waals surface area contributed by atoms with Gasteiger partial charge in [0.1, 0.15) is 0 Å². The highest BCUT2D eigenvalue weighted by Gasteiger charge is 2.17. The number of carbonyl (C=O) groups is 1. The number of hydrogen-bond donors (Lipinski definition) is 0. The lowest BCUT2D eigenvalue weighted by atomic mass is 10.2. The Morgan fingerprint density at radius 3 is 2.63 bits per heavy atom. The number of benzene rings is 1. The van der Waals surface area contributed by atoms with Crippen LogP contribution in [0.3, 0.4) is 0 Å². The molecule has 0 saturated heterocycles. The van der Waals surface area contributed by atoms with E-state index in [1.807, 2.05) is 32.0 Å². The number of para-hydroxylation sites is 1. The molecule has 0 spiro atoms. The molecule has 0 N–H and O–H groups in total. The van der Waals surface area contributed by atoms with E-state index in [1.165, 1.54) is 4.90 Å². The molecule has 1 aromatic heterocycles. The van der Waals surface area contributed by atoms with Gasteiger partial charge in [0, 0.05) is 21.8 Å². The van der Waals surface area contributed by atoms with E-state index in [0.717, 1.165) is 17.1 Å². The third-order valence-electron chi connectivity index (χ3n) is 3.18. The predicted octanol–water partition coefficient (Wildman–Crippen LogP) is 4.24. The summed E-state index contributed by atoms with van der Waals surface area (Å²) in [6.07, 6.45) is 2.05. The SMILES string of the molecule is CSc1ccccc1-n1c(C)cc(C(=O)CCl)c1C. The maximum absolute atomic E-state index is 11.8. The number of ketones is 1. The Labute approximate surface area is 122 Å². The molecule has 0 radical (unpaired) electrons. The molecule has 100 valence electrons. The fraction of sp³-hybridized carbons (Fsp3) is 0.267. The molecule has 0 fully saturated rings. The predicted molar refractivity (Wildman–Crippen MR) is 82.1 cm³/mol. The zero-order valence-electron chi connectivity index (χ0n) is 11.2. The number of alkyl halides is 1. The number of thioether (sulfide) groups is 1. The number of aromatic nitrogens is 1. The largest absolute Gasteiger partial charge is 0.317 e. The van der Waals surface area contributed by atoms with Gasteiger partial charge in [-0.3, -0.25) is 4.79 Å². The van der Waals surface area contributed by atoms with Crippen LogP contribution < -0.4 is 0 Å². The zero-order valence-corrected chi connectivity index (χ0v) is 12.8. The van der Waals surface area contributed by atoms with Crippen molar-refractivity contribution in [3.05, 3.63) is 47.3 Å². The van der Waals surface area contributed by atoms with Gasteiger partial charge in [-0.05, 0) is 38.3 Å². The topological polar surface area (TPSA) is 22.0 Å². The van der Waals surface area contributed by atoms with Gasteiger partial charge in [0.05, 0.1) is 11.6 Å². The molecule has 0 saturated carbocycles. The molecule has 0 aliphatic carbocycles. The monoisotopic (exact) mass is 293 g/mol. The summed E-state index contributed by atoms with van der Waals surface area (Å²) < 4.78 is 2.12. The van der Waals surface area contributed by atoms with Crippen molar-refractivity contribution >= 4 is 29.1 Å². The summed E-state index contributed by atoms with van der Waals surface area (Å²) in [5, 5.41) is 0. The highest BCUT2D eigenvalue weighted by molar-refractivity contribution is 7.98. The smallest absolute Gasteiger partial charge is 0.179 e. The lowest BCUT2D eigenvalue weighted by Gasteiger charge is -2.13. The summed E-state index contributed by atoms with van der Waals surface area (Å²) in [7, 11) is 0. The molecule has 1 aromatic carbocycles. The normalized spacial score (nSPS) is 10.7. The Hall–Kier alpha value is -1.19. The van der Waals surface area contributed by atoms with Crippen molar-refractivity contribution < 1.29 is 4.79 Å². The second-order valence-corrected chi connectivity index (χ2v) is 5.46. The Morgan fingerprint density at radius 2 is 2.00 bits per heavy atom. The van der Waals surface area contributed by atoms with Gasteiger partial charge in [-0.2, -0.15) is 0 Å². The van der Waals surface area contributed by atoms with Gasteiger partial charge in [-0.15, -0.1) is 23.4 Å². The molecule has 2 rings (SSSR count). The van der Waals surface area contributed by atoms with Crippen molar-refractivity contribution in [1.82, 2.24) is 4.57 Å². The Balaban J connectivity index is 2.63. The first-order valence-corrected chi connectivity index (χ1v) is 7.77. The van der Waals surface area contributed by atoms with E-state index in [0.29, 0.717) is 5.56 Å². The van der Waals surface area contributed by atoms with Crippen LogP contribution in [0.4, 0.5) is 0 Å². The van der Waals surface area contributed by atoms with Gasteiger partial charge in [-0.25, -0.2) is 0 Å². The fourth-order valence-electron chi connectivity index (χ4n) is 2.30. The van der Waals surface area contributed by atoms with E-state index >= 15 is 0 Å². The average Bonchev–Trinajstić information content (AvgIpc) is 2.73. The molecular formula is C15H16ClNOS. The maximum Gasteiger partial charge on any atom is 0.179 e. The third kappa shape index (κ3) is 2.58. The zero-order chi connectivity index (χ0) is 14.0. The summed E-state index contributed by atoms with van der Waals surface area (Å²) in [6.45, 7) is 3.97. The van der Waals surface area contributed by atoms with E-state index in [4.69, 9.17) is 11.6 Å². The Bertz CT molecular complexity index is 619. The number of rotatable bonds is 4. The Morgan fingerprint density at radius 1 is 1.32 bits per heavy atom. The minimum Gasteiger partial charge on any atom is -0.317 e. The van der Waals surface area contributed by atoms with E-state index in [2.05, 4.69) is 23.0 Å². The molecule has 4 heteroatoms. The molecule has 19 heavy (non-hydrogen) atoms. The average molecular weight is 294 g/mol. The number of aryl methyl sites for hydroxylation is 1. The Kier molecular flexibility index (Phi) is 4.38. The lowest BCUT2D eigenvalue weighted by molar-refractivity contribution is 0.102. The number of nitrogens with zero attached hydrogens (tertiary/aromatic N) is 1.